The summed E-state index contributed by atoms with van der Waals surface area (Å²) in [5.41, 5.74) is 3.97. The number of nitrogens with one attached hydrogen (secondary N) is 1. The van der Waals surface area contributed by atoms with Crippen molar-refractivity contribution in [1.82, 2.24) is 5.32 Å². The van der Waals surface area contributed by atoms with Crippen LogP contribution in [-0.4, -0.2) is 6.54 Å². The van der Waals surface area contributed by atoms with E-state index >= 15 is 0 Å². The fourth-order valence-electron chi connectivity index (χ4n) is 2.43. The fourth-order valence-corrected chi connectivity index (χ4v) is 3.32. The third kappa shape index (κ3) is 4.08. The molecule has 0 fully saturated rings. The van der Waals surface area contributed by atoms with E-state index in [-0.39, 0.29) is 0 Å². The monoisotopic (exact) mass is 307 g/mol. The average Bonchev–Trinajstić information content (AvgIpc) is 2.96. The standard InChI is InChI=1S/C17H22ClNS/c1-3-10-19-17(8-7-14-9-11-20-12-14)15-5-4-6-16(18)13(15)2/h4-6,9,11-12,17,19H,3,7-8,10H2,1-2H3. The number of halogens is 1. The van der Waals surface area contributed by atoms with E-state index in [1.165, 1.54) is 16.7 Å². The van der Waals surface area contributed by atoms with Crippen molar-refractivity contribution >= 4 is 22.9 Å². The van der Waals surface area contributed by atoms with Crippen LogP contribution in [0.5, 0.6) is 0 Å². The lowest BCUT2D eigenvalue weighted by molar-refractivity contribution is 0.497. The second-order valence-electron chi connectivity index (χ2n) is 5.13. The van der Waals surface area contributed by atoms with Gasteiger partial charge in [-0.05, 0) is 72.3 Å². The molecule has 0 saturated carbocycles. The number of hydrogen-bond donors (Lipinski definition) is 1. The van der Waals surface area contributed by atoms with E-state index in [1.807, 2.05) is 6.07 Å². The number of aryl methyl sites for hydroxylation is 1. The molecule has 0 aliphatic carbocycles. The molecule has 2 aromatic rings. The topological polar surface area (TPSA) is 12.0 Å². The van der Waals surface area contributed by atoms with E-state index in [0.717, 1.165) is 30.8 Å². The van der Waals surface area contributed by atoms with Crippen LogP contribution in [0.15, 0.2) is 35.0 Å². The molecular formula is C17H22ClNS. The molecule has 1 unspecified atom stereocenters. The van der Waals surface area contributed by atoms with Crippen LogP contribution in [0.3, 0.4) is 0 Å². The lowest BCUT2D eigenvalue weighted by atomic mass is 9.96. The zero-order valence-electron chi connectivity index (χ0n) is 12.2. The SMILES string of the molecule is CCCNC(CCc1ccsc1)c1cccc(Cl)c1C. The molecule has 1 aromatic heterocycles. The molecule has 3 heteroatoms. The molecule has 20 heavy (non-hydrogen) atoms. The highest BCUT2D eigenvalue weighted by atomic mass is 35.5. The van der Waals surface area contributed by atoms with Gasteiger partial charge in [-0.25, -0.2) is 0 Å². The van der Waals surface area contributed by atoms with Crippen molar-refractivity contribution in [1.29, 1.82) is 0 Å². The van der Waals surface area contributed by atoms with Gasteiger partial charge in [0.25, 0.3) is 0 Å². The molecule has 1 heterocycles. The van der Waals surface area contributed by atoms with Crippen molar-refractivity contribution < 1.29 is 0 Å². The van der Waals surface area contributed by atoms with E-state index in [0.29, 0.717) is 6.04 Å². The van der Waals surface area contributed by atoms with Gasteiger partial charge < -0.3 is 5.32 Å². The molecule has 108 valence electrons. The summed E-state index contributed by atoms with van der Waals surface area (Å²) in [7, 11) is 0. The second kappa shape index (κ2) is 7.82. The van der Waals surface area contributed by atoms with E-state index in [4.69, 9.17) is 11.6 Å². The molecule has 0 aliphatic heterocycles. The first-order valence-electron chi connectivity index (χ1n) is 7.21. The Bertz CT molecular complexity index is 522. The Hall–Kier alpha value is -0.830. The van der Waals surface area contributed by atoms with E-state index in [2.05, 4.69) is 48.1 Å². The van der Waals surface area contributed by atoms with Crippen LogP contribution in [0.25, 0.3) is 0 Å². The van der Waals surface area contributed by atoms with Crippen LogP contribution in [-0.2, 0) is 6.42 Å². The summed E-state index contributed by atoms with van der Waals surface area (Å²) in [6.07, 6.45) is 3.36. The van der Waals surface area contributed by atoms with E-state index in [9.17, 15) is 0 Å². The van der Waals surface area contributed by atoms with Crippen molar-refractivity contribution in [3.05, 3.63) is 56.7 Å². The van der Waals surface area contributed by atoms with Crippen molar-refractivity contribution in [2.24, 2.45) is 0 Å². The van der Waals surface area contributed by atoms with Gasteiger partial charge in [-0.15, -0.1) is 0 Å². The number of benzene rings is 1. The molecule has 1 atom stereocenters. The Morgan fingerprint density at radius 1 is 1.30 bits per heavy atom. The number of rotatable bonds is 7. The number of thiophene rings is 1. The molecule has 0 aliphatic rings. The molecule has 0 bridgehead atoms. The lowest BCUT2D eigenvalue weighted by Crippen LogP contribution is -2.23. The highest BCUT2D eigenvalue weighted by Gasteiger charge is 2.14. The minimum atomic E-state index is 0.383. The zero-order chi connectivity index (χ0) is 14.4. The Morgan fingerprint density at radius 2 is 2.15 bits per heavy atom. The maximum Gasteiger partial charge on any atom is 0.0438 e. The first-order valence-corrected chi connectivity index (χ1v) is 8.54. The summed E-state index contributed by atoms with van der Waals surface area (Å²) in [4.78, 5) is 0. The maximum absolute atomic E-state index is 6.27. The van der Waals surface area contributed by atoms with Gasteiger partial charge in [0.05, 0.1) is 0 Å². The minimum absolute atomic E-state index is 0.383. The largest absolute Gasteiger partial charge is 0.310 e. The van der Waals surface area contributed by atoms with Crippen molar-refractivity contribution in [3.63, 3.8) is 0 Å². The first kappa shape index (κ1) is 15.6. The summed E-state index contributed by atoms with van der Waals surface area (Å²) in [5.74, 6) is 0. The Kier molecular flexibility index (Phi) is 6.08. The average molecular weight is 308 g/mol. The van der Waals surface area contributed by atoms with Crippen molar-refractivity contribution in [2.75, 3.05) is 6.54 Å². The molecule has 2 rings (SSSR count). The highest BCUT2D eigenvalue weighted by molar-refractivity contribution is 7.07. The van der Waals surface area contributed by atoms with Crippen LogP contribution in [0.1, 0.15) is 42.5 Å². The van der Waals surface area contributed by atoms with Crippen LogP contribution in [0.4, 0.5) is 0 Å². The van der Waals surface area contributed by atoms with Gasteiger partial charge in [0.15, 0.2) is 0 Å². The summed E-state index contributed by atoms with van der Waals surface area (Å²) >= 11 is 8.03. The van der Waals surface area contributed by atoms with Gasteiger partial charge in [-0.1, -0.05) is 30.7 Å². The Balaban J connectivity index is 2.11. The minimum Gasteiger partial charge on any atom is -0.310 e. The van der Waals surface area contributed by atoms with Crippen molar-refractivity contribution in [2.45, 2.75) is 39.2 Å². The van der Waals surface area contributed by atoms with Gasteiger partial charge in [0.1, 0.15) is 0 Å². The Morgan fingerprint density at radius 3 is 2.85 bits per heavy atom. The van der Waals surface area contributed by atoms with Gasteiger partial charge in [0.2, 0.25) is 0 Å². The van der Waals surface area contributed by atoms with Crippen LogP contribution in [0, 0.1) is 6.92 Å². The predicted octanol–water partition coefficient (Wildman–Crippen LogP) is 5.38. The molecule has 0 radical (unpaired) electrons. The van der Waals surface area contributed by atoms with E-state index < -0.39 is 0 Å². The molecule has 1 N–H and O–H groups in total. The molecule has 1 nitrogen and oxygen atoms in total. The molecule has 0 spiro atoms. The second-order valence-corrected chi connectivity index (χ2v) is 6.32. The smallest absolute Gasteiger partial charge is 0.0438 e. The van der Waals surface area contributed by atoms with Crippen molar-refractivity contribution in [3.8, 4) is 0 Å². The summed E-state index contributed by atoms with van der Waals surface area (Å²) in [5, 5.41) is 8.91. The fraction of sp³-hybridized carbons (Fsp3) is 0.412. The number of hydrogen-bond acceptors (Lipinski definition) is 2. The van der Waals surface area contributed by atoms with Gasteiger partial charge >= 0.3 is 0 Å². The summed E-state index contributed by atoms with van der Waals surface area (Å²) < 4.78 is 0. The third-order valence-corrected chi connectivity index (χ3v) is 4.77. The third-order valence-electron chi connectivity index (χ3n) is 3.63. The molecule has 1 aromatic carbocycles. The normalized spacial score (nSPS) is 12.6. The van der Waals surface area contributed by atoms with E-state index in [1.54, 1.807) is 11.3 Å². The summed E-state index contributed by atoms with van der Waals surface area (Å²) in [6.45, 7) is 5.36. The zero-order valence-corrected chi connectivity index (χ0v) is 13.7. The molecular weight excluding hydrogens is 286 g/mol. The predicted molar refractivity (Wildman–Crippen MR) is 89.9 cm³/mol. The lowest BCUT2D eigenvalue weighted by Gasteiger charge is -2.21. The van der Waals surface area contributed by atoms with Gasteiger partial charge in [-0.3, -0.25) is 0 Å². The molecule has 0 saturated heterocycles. The van der Waals surface area contributed by atoms with Crippen LogP contribution >= 0.6 is 22.9 Å². The first-order chi connectivity index (χ1) is 9.72. The summed E-state index contributed by atoms with van der Waals surface area (Å²) in [6, 6.07) is 8.81. The van der Waals surface area contributed by atoms with Crippen LogP contribution in [0.2, 0.25) is 5.02 Å². The Labute approximate surface area is 131 Å². The van der Waals surface area contributed by atoms with Gasteiger partial charge in [-0.2, -0.15) is 11.3 Å². The quantitative estimate of drug-likeness (QED) is 0.723. The van der Waals surface area contributed by atoms with Gasteiger partial charge in [0, 0.05) is 11.1 Å². The maximum atomic E-state index is 6.27. The van der Waals surface area contributed by atoms with Crippen LogP contribution < -0.4 is 5.32 Å². The molecule has 0 amide bonds. The highest BCUT2D eigenvalue weighted by Crippen LogP contribution is 2.27.